The van der Waals surface area contributed by atoms with E-state index in [0.29, 0.717) is 16.3 Å². The third-order valence-corrected chi connectivity index (χ3v) is 4.56. The molecule has 0 aliphatic rings. The molecule has 0 saturated carbocycles. The molecule has 0 aliphatic heterocycles. The third-order valence-electron chi connectivity index (χ3n) is 4.03. The average Bonchev–Trinajstić information content (AvgIpc) is 2.69. The van der Waals surface area contributed by atoms with E-state index in [-0.39, 0.29) is 17.6 Å². The number of carbonyl (C=O) groups is 1. The van der Waals surface area contributed by atoms with Crippen molar-refractivity contribution in [3.63, 3.8) is 0 Å². The molecule has 0 aliphatic carbocycles. The maximum Gasteiger partial charge on any atom is 0.257 e. The molecule has 3 rings (SSSR count). The summed E-state index contributed by atoms with van der Waals surface area (Å²) in [5, 5.41) is 6.31. The van der Waals surface area contributed by atoms with Gasteiger partial charge in [0.15, 0.2) is 5.11 Å². The number of anilines is 1. The van der Waals surface area contributed by atoms with E-state index < -0.39 is 0 Å². The Morgan fingerprint density at radius 3 is 2.43 bits per heavy atom. The van der Waals surface area contributed by atoms with Gasteiger partial charge in [0.2, 0.25) is 0 Å². The first-order chi connectivity index (χ1) is 13.5. The fourth-order valence-electron chi connectivity index (χ4n) is 2.55. The van der Waals surface area contributed by atoms with Gasteiger partial charge in [0.1, 0.15) is 12.4 Å². The molecule has 6 heteroatoms. The monoisotopic (exact) mass is 410 g/mol. The van der Waals surface area contributed by atoms with E-state index in [1.807, 2.05) is 55.5 Å². The van der Waals surface area contributed by atoms with Gasteiger partial charge in [0.25, 0.3) is 5.91 Å². The molecule has 0 heterocycles. The second kappa shape index (κ2) is 9.35. The molecule has 0 bridgehead atoms. The smallest absolute Gasteiger partial charge is 0.257 e. The van der Waals surface area contributed by atoms with Crippen LogP contribution >= 0.6 is 23.8 Å². The predicted octanol–water partition coefficient (Wildman–Crippen LogP) is 5.35. The first kappa shape index (κ1) is 19.9. The highest BCUT2D eigenvalue weighted by Crippen LogP contribution is 2.20. The Labute approximate surface area is 174 Å². The maximum absolute atomic E-state index is 12.7. The van der Waals surface area contributed by atoms with Crippen LogP contribution in [0.3, 0.4) is 0 Å². The topological polar surface area (TPSA) is 50.4 Å². The number of nitrogens with one attached hydrogen (secondary N) is 2. The van der Waals surface area contributed by atoms with Crippen LogP contribution in [0.25, 0.3) is 0 Å². The van der Waals surface area contributed by atoms with Crippen molar-refractivity contribution in [2.24, 2.45) is 0 Å². The van der Waals surface area contributed by atoms with Gasteiger partial charge in [0, 0.05) is 11.1 Å². The second-order valence-corrected chi connectivity index (χ2v) is 6.96. The number of hydrogen-bond acceptors (Lipinski definition) is 3. The van der Waals surface area contributed by atoms with Gasteiger partial charge in [-0.25, -0.2) is 0 Å². The van der Waals surface area contributed by atoms with Gasteiger partial charge in [-0.3, -0.25) is 10.1 Å². The zero-order valence-corrected chi connectivity index (χ0v) is 16.8. The van der Waals surface area contributed by atoms with Crippen molar-refractivity contribution in [2.45, 2.75) is 13.5 Å². The summed E-state index contributed by atoms with van der Waals surface area (Å²) in [5.74, 6) is 0.435. The lowest BCUT2D eigenvalue weighted by atomic mass is 10.1. The predicted molar refractivity (Wildman–Crippen MR) is 117 cm³/mol. The number of hydrogen-bond donors (Lipinski definition) is 2. The molecule has 142 valence electrons. The summed E-state index contributed by atoms with van der Waals surface area (Å²) in [6, 6.07) is 22.2. The molecule has 28 heavy (non-hydrogen) atoms. The summed E-state index contributed by atoms with van der Waals surface area (Å²) in [4.78, 5) is 12.7. The van der Waals surface area contributed by atoms with Crippen LogP contribution in [-0.2, 0) is 6.61 Å². The fourth-order valence-corrected chi connectivity index (χ4v) is 2.94. The van der Waals surface area contributed by atoms with Crippen LogP contribution in [0.4, 0.5) is 5.69 Å². The highest BCUT2D eigenvalue weighted by atomic mass is 35.5. The first-order valence-corrected chi connectivity index (χ1v) is 9.46. The largest absolute Gasteiger partial charge is 0.489 e. The van der Waals surface area contributed by atoms with E-state index in [1.54, 1.807) is 24.3 Å². The van der Waals surface area contributed by atoms with Crippen LogP contribution in [0, 0.1) is 6.92 Å². The van der Waals surface area contributed by atoms with E-state index >= 15 is 0 Å². The van der Waals surface area contributed by atoms with Crippen LogP contribution < -0.4 is 15.4 Å². The molecule has 0 radical (unpaired) electrons. The number of thiocarbonyl (C=S) groups is 1. The molecular formula is C22H19ClN2O2S. The van der Waals surface area contributed by atoms with E-state index in [4.69, 9.17) is 28.6 Å². The Kier molecular flexibility index (Phi) is 6.63. The molecule has 0 fully saturated rings. The molecule has 1 amide bonds. The Hall–Kier alpha value is -2.89. The Balaban J connectivity index is 1.65. The van der Waals surface area contributed by atoms with E-state index in [0.717, 1.165) is 16.9 Å². The normalized spacial score (nSPS) is 10.2. The summed E-state index contributed by atoms with van der Waals surface area (Å²) in [6.45, 7) is 2.29. The quantitative estimate of drug-likeness (QED) is 0.556. The number of benzene rings is 3. The maximum atomic E-state index is 12.7. The summed E-state index contributed by atoms with van der Waals surface area (Å²) in [5.41, 5.74) is 3.05. The Morgan fingerprint density at radius 2 is 1.68 bits per heavy atom. The number of rotatable bonds is 5. The molecule has 3 aromatic rings. The molecular weight excluding hydrogens is 392 g/mol. The number of para-hydroxylation sites is 1. The number of ether oxygens (including phenoxy) is 1. The second-order valence-electron chi connectivity index (χ2n) is 6.15. The molecule has 0 aromatic heterocycles. The fraction of sp³-hybridized carbons (Fsp3) is 0.0909. The van der Waals surface area contributed by atoms with Crippen molar-refractivity contribution in [3.05, 3.63) is 94.5 Å². The molecule has 4 nitrogen and oxygen atoms in total. The van der Waals surface area contributed by atoms with Crippen molar-refractivity contribution in [2.75, 3.05) is 5.32 Å². The molecule has 0 atom stereocenters. The van der Waals surface area contributed by atoms with Gasteiger partial charge in [-0.2, -0.15) is 0 Å². The average molecular weight is 411 g/mol. The van der Waals surface area contributed by atoms with Crippen molar-refractivity contribution in [1.82, 2.24) is 5.32 Å². The lowest BCUT2D eigenvalue weighted by Gasteiger charge is -2.13. The van der Waals surface area contributed by atoms with Crippen LogP contribution in [0.5, 0.6) is 5.75 Å². The van der Waals surface area contributed by atoms with E-state index in [2.05, 4.69) is 10.6 Å². The Morgan fingerprint density at radius 1 is 1.00 bits per heavy atom. The van der Waals surface area contributed by atoms with Gasteiger partial charge in [-0.05, 0) is 49.5 Å². The highest BCUT2D eigenvalue weighted by Gasteiger charge is 2.13. The minimum absolute atomic E-state index is 0.173. The molecule has 0 saturated heterocycles. The standard InChI is InChI=1S/C22H19ClN2O2S/c1-15-10-12-17(13-11-15)27-14-16-6-2-3-7-18(16)21(26)25-22(28)24-20-9-5-4-8-19(20)23/h2-13H,14H2,1H3,(H2,24,25,26,28). The number of halogens is 1. The zero-order chi connectivity index (χ0) is 19.9. The van der Waals surface area contributed by atoms with Crippen LogP contribution in [0.2, 0.25) is 5.02 Å². The van der Waals surface area contributed by atoms with Gasteiger partial charge < -0.3 is 10.1 Å². The molecule has 0 spiro atoms. The molecule has 3 aromatic carbocycles. The van der Waals surface area contributed by atoms with E-state index in [9.17, 15) is 4.79 Å². The minimum Gasteiger partial charge on any atom is -0.489 e. The van der Waals surface area contributed by atoms with Crippen molar-refractivity contribution in [3.8, 4) is 5.75 Å². The van der Waals surface area contributed by atoms with Crippen molar-refractivity contribution in [1.29, 1.82) is 0 Å². The third kappa shape index (κ3) is 5.31. The lowest BCUT2D eigenvalue weighted by molar-refractivity contribution is 0.0975. The number of aryl methyl sites for hydroxylation is 1. The van der Waals surface area contributed by atoms with Gasteiger partial charge in [-0.1, -0.05) is 59.6 Å². The van der Waals surface area contributed by atoms with Crippen molar-refractivity contribution >= 4 is 40.5 Å². The summed E-state index contributed by atoms with van der Waals surface area (Å²) >= 11 is 11.3. The molecule has 2 N–H and O–H groups in total. The Bertz CT molecular complexity index is 990. The SMILES string of the molecule is Cc1ccc(OCc2ccccc2C(=O)NC(=S)Nc2ccccc2Cl)cc1. The first-order valence-electron chi connectivity index (χ1n) is 8.67. The van der Waals surface area contributed by atoms with Crippen LogP contribution in [0.1, 0.15) is 21.5 Å². The van der Waals surface area contributed by atoms with Gasteiger partial charge in [-0.15, -0.1) is 0 Å². The van der Waals surface area contributed by atoms with Crippen LogP contribution in [-0.4, -0.2) is 11.0 Å². The minimum atomic E-state index is -0.312. The van der Waals surface area contributed by atoms with Crippen LogP contribution in [0.15, 0.2) is 72.8 Å². The van der Waals surface area contributed by atoms with Gasteiger partial charge in [0.05, 0.1) is 10.7 Å². The summed E-state index contributed by atoms with van der Waals surface area (Å²) < 4.78 is 5.81. The summed E-state index contributed by atoms with van der Waals surface area (Å²) in [7, 11) is 0. The van der Waals surface area contributed by atoms with E-state index in [1.165, 1.54) is 0 Å². The number of carbonyl (C=O) groups excluding carboxylic acids is 1. The summed E-state index contributed by atoms with van der Waals surface area (Å²) in [6.07, 6.45) is 0. The molecule has 0 unspecified atom stereocenters. The lowest BCUT2D eigenvalue weighted by Crippen LogP contribution is -2.34. The zero-order valence-electron chi connectivity index (χ0n) is 15.2. The van der Waals surface area contributed by atoms with Gasteiger partial charge >= 0.3 is 0 Å². The number of amides is 1. The highest BCUT2D eigenvalue weighted by molar-refractivity contribution is 7.80. The van der Waals surface area contributed by atoms with Crippen molar-refractivity contribution < 1.29 is 9.53 Å².